The van der Waals surface area contributed by atoms with E-state index in [-0.39, 0.29) is 43.6 Å². The van der Waals surface area contributed by atoms with Crippen molar-refractivity contribution in [3.63, 3.8) is 0 Å². The molecule has 0 fully saturated rings. The molecule has 7 aromatic rings. The van der Waals surface area contributed by atoms with Crippen molar-refractivity contribution in [2.24, 2.45) is 0 Å². The predicted octanol–water partition coefficient (Wildman–Crippen LogP) is 9.86. The van der Waals surface area contributed by atoms with Gasteiger partial charge in [0.1, 0.15) is 60.2 Å². The van der Waals surface area contributed by atoms with E-state index in [1.54, 1.807) is 133 Å². The van der Waals surface area contributed by atoms with E-state index in [0.717, 1.165) is 0 Å². The number of esters is 4. The summed E-state index contributed by atoms with van der Waals surface area (Å²) in [5, 5.41) is 0. The molecule has 310 valence electrons. The number of nitrogens with two attached hydrogens (primary N) is 2. The third kappa shape index (κ3) is 10.6. The summed E-state index contributed by atoms with van der Waals surface area (Å²) in [7, 11) is 0. The lowest BCUT2D eigenvalue weighted by Gasteiger charge is -2.24. The number of hydrogen-bond acceptors (Lipinski definition) is 12. The first-order valence-electron chi connectivity index (χ1n) is 19.4. The summed E-state index contributed by atoms with van der Waals surface area (Å²) in [5.41, 5.74) is 12.8. The zero-order valence-electron chi connectivity index (χ0n) is 33.2. The lowest BCUT2D eigenvalue weighted by Crippen LogP contribution is -2.24. The summed E-state index contributed by atoms with van der Waals surface area (Å²) in [5.74, 6) is -5.62. The minimum atomic E-state index is -1.14. The fourth-order valence-corrected chi connectivity index (χ4v) is 6.22. The van der Waals surface area contributed by atoms with Crippen LogP contribution in [-0.2, 0) is 45.4 Å². The van der Waals surface area contributed by atoms with Gasteiger partial charge >= 0.3 is 23.9 Å². The molecule has 0 aliphatic rings. The normalized spacial score (nSPS) is 10.6. The standard InChI is InChI=1S/C50H40N2O10/c51-37-24-26-39(27-25-37)61-45-41(47(53)57-29-33-14-5-1-6-15-33)43(49(55)59-31-35-18-9-3-10-19-35)46(62-40-23-13-22-38(52)28-40)44(50(56)60-32-36-20-11-4-12-21-36)42(45)48(54)58-30-34-16-7-2-8-17-34/h1-28H,29-32,51-52H2. The molecule has 4 N–H and O–H groups in total. The van der Waals surface area contributed by atoms with Crippen molar-refractivity contribution in [2.45, 2.75) is 26.4 Å². The smallest absolute Gasteiger partial charge is 0.343 e. The maximum absolute atomic E-state index is 14.8. The highest BCUT2D eigenvalue weighted by molar-refractivity contribution is 6.16. The molecule has 0 atom stereocenters. The van der Waals surface area contributed by atoms with Crippen molar-refractivity contribution < 1.29 is 47.6 Å². The Labute approximate surface area is 357 Å². The summed E-state index contributed by atoms with van der Waals surface area (Å²) < 4.78 is 36.3. The Morgan fingerprint density at radius 2 is 0.661 bits per heavy atom. The SMILES string of the molecule is Nc1ccc(Oc2c(C(=O)OCc3ccccc3)c(C(=O)OCc3ccccc3)c(Oc3cccc(N)c3)c(C(=O)OCc3ccccc3)c2C(=O)OCc2ccccc2)cc1. The molecule has 62 heavy (non-hydrogen) atoms. The Morgan fingerprint density at radius 1 is 0.339 bits per heavy atom. The first-order valence-corrected chi connectivity index (χ1v) is 19.4. The van der Waals surface area contributed by atoms with E-state index in [1.165, 1.54) is 36.4 Å². The highest BCUT2D eigenvalue weighted by Gasteiger charge is 2.41. The van der Waals surface area contributed by atoms with Crippen LogP contribution in [0.25, 0.3) is 0 Å². The highest BCUT2D eigenvalue weighted by Crippen LogP contribution is 2.45. The number of nitrogen functional groups attached to an aromatic ring is 2. The number of ether oxygens (including phenoxy) is 6. The van der Waals surface area contributed by atoms with Gasteiger partial charge < -0.3 is 39.9 Å². The van der Waals surface area contributed by atoms with Gasteiger partial charge in [-0.25, -0.2) is 19.2 Å². The van der Waals surface area contributed by atoms with Crippen molar-refractivity contribution >= 4 is 35.3 Å². The molecule has 0 amide bonds. The third-order valence-corrected chi connectivity index (χ3v) is 9.25. The van der Waals surface area contributed by atoms with Crippen LogP contribution in [0, 0.1) is 0 Å². The lowest BCUT2D eigenvalue weighted by molar-refractivity contribution is 0.0398. The molecule has 7 rings (SSSR count). The summed E-state index contributed by atoms with van der Waals surface area (Å²) in [4.78, 5) is 59.3. The van der Waals surface area contributed by atoms with Crippen molar-refractivity contribution in [1.29, 1.82) is 0 Å². The maximum Gasteiger partial charge on any atom is 0.343 e. The molecular formula is C50H40N2O10. The molecule has 12 heteroatoms. The van der Waals surface area contributed by atoms with Crippen molar-refractivity contribution in [3.8, 4) is 23.0 Å². The fourth-order valence-electron chi connectivity index (χ4n) is 6.22. The average molecular weight is 829 g/mol. The minimum absolute atomic E-state index is 0.0265. The molecule has 12 nitrogen and oxygen atoms in total. The van der Waals surface area contributed by atoms with E-state index in [9.17, 15) is 19.2 Å². The second-order valence-corrected chi connectivity index (χ2v) is 13.8. The maximum atomic E-state index is 14.8. The Hall–Kier alpha value is -8.38. The topological polar surface area (TPSA) is 176 Å². The Balaban J connectivity index is 1.51. The van der Waals surface area contributed by atoms with Crippen LogP contribution >= 0.6 is 0 Å². The summed E-state index contributed by atoms with van der Waals surface area (Å²) >= 11 is 0. The highest BCUT2D eigenvalue weighted by atomic mass is 16.6. The van der Waals surface area contributed by atoms with Crippen LogP contribution in [0.2, 0.25) is 0 Å². The van der Waals surface area contributed by atoms with Crippen LogP contribution in [0.15, 0.2) is 170 Å². The monoisotopic (exact) mass is 828 g/mol. The fraction of sp³-hybridized carbons (Fsp3) is 0.0800. The van der Waals surface area contributed by atoms with Gasteiger partial charge in [0.15, 0.2) is 11.5 Å². The van der Waals surface area contributed by atoms with Gasteiger partial charge in [0.05, 0.1) is 0 Å². The molecule has 0 heterocycles. The molecule has 7 aromatic carbocycles. The molecule has 0 aliphatic carbocycles. The Kier molecular flexibility index (Phi) is 13.5. The van der Waals surface area contributed by atoms with Crippen LogP contribution in [-0.4, -0.2) is 23.9 Å². The first kappa shape index (κ1) is 41.8. The average Bonchev–Trinajstić information content (AvgIpc) is 3.30. The van der Waals surface area contributed by atoms with Gasteiger partial charge in [0.25, 0.3) is 0 Å². The second kappa shape index (κ2) is 20.1. The van der Waals surface area contributed by atoms with E-state index in [2.05, 4.69) is 0 Å². The molecule has 0 saturated heterocycles. The van der Waals surface area contributed by atoms with Crippen molar-refractivity contribution in [2.75, 3.05) is 11.5 Å². The molecular weight excluding hydrogens is 789 g/mol. The van der Waals surface area contributed by atoms with E-state index < -0.39 is 57.6 Å². The quantitative estimate of drug-likeness (QED) is 0.0537. The molecule has 0 saturated carbocycles. The van der Waals surface area contributed by atoms with Gasteiger partial charge in [-0.05, 0) is 58.7 Å². The second-order valence-electron chi connectivity index (χ2n) is 13.8. The molecule has 0 aliphatic heterocycles. The molecule has 0 aromatic heterocycles. The zero-order valence-corrected chi connectivity index (χ0v) is 33.2. The lowest BCUT2D eigenvalue weighted by atomic mass is 9.94. The van der Waals surface area contributed by atoms with E-state index >= 15 is 0 Å². The number of anilines is 2. The van der Waals surface area contributed by atoms with Gasteiger partial charge in [-0.15, -0.1) is 0 Å². The van der Waals surface area contributed by atoms with E-state index in [0.29, 0.717) is 27.9 Å². The van der Waals surface area contributed by atoms with Gasteiger partial charge in [-0.2, -0.15) is 0 Å². The number of carbonyl (C=O) groups excluding carboxylic acids is 4. The summed E-state index contributed by atoms with van der Waals surface area (Å²) in [6, 6.07) is 47.3. The number of hydrogen-bond donors (Lipinski definition) is 2. The molecule has 0 bridgehead atoms. The van der Waals surface area contributed by atoms with Crippen LogP contribution in [0.5, 0.6) is 23.0 Å². The number of rotatable bonds is 16. The van der Waals surface area contributed by atoms with Gasteiger partial charge in [-0.3, -0.25) is 0 Å². The summed E-state index contributed by atoms with van der Waals surface area (Å²) in [6.45, 7) is -1.06. The van der Waals surface area contributed by atoms with E-state index in [1.807, 2.05) is 0 Å². The number of benzene rings is 7. The Morgan fingerprint density at radius 3 is 0.984 bits per heavy atom. The van der Waals surface area contributed by atoms with Crippen molar-refractivity contribution in [3.05, 3.63) is 214 Å². The Bertz CT molecular complexity index is 2520. The zero-order chi connectivity index (χ0) is 43.3. The predicted molar refractivity (Wildman–Crippen MR) is 231 cm³/mol. The molecule has 0 unspecified atom stereocenters. The first-order chi connectivity index (χ1) is 30.2. The molecule has 0 spiro atoms. The minimum Gasteiger partial charge on any atom is -0.457 e. The number of carbonyl (C=O) groups is 4. The van der Waals surface area contributed by atoms with Crippen LogP contribution in [0.1, 0.15) is 63.7 Å². The van der Waals surface area contributed by atoms with Crippen LogP contribution in [0.4, 0.5) is 11.4 Å². The third-order valence-electron chi connectivity index (χ3n) is 9.25. The molecule has 0 radical (unpaired) electrons. The van der Waals surface area contributed by atoms with Crippen LogP contribution < -0.4 is 20.9 Å². The van der Waals surface area contributed by atoms with Gasteiger partial charge in [0, 0.05) is 17.4 Å². The van der Waals surface area contributed by atoms with Gasteiger partial charge in [-0.1, -0.05) is 127 Å². The largest absolute Gasteiger partial charge is 0.457 e. The van der Waals surface area contributed by atoms with Crippen molar-refractivity contribution in [1.82, 2.24) is 0 Å². The van der Waals surface area contributed by atoms with E-state index in [4.69, 9.17) is 39.9 Å². The van der Waals surface area contributed by atoms with Gasteiger partial charge in [0.2, 0.25) is 0 Å². The summed E-state index contributed by atoms with van der Waals surface area (Å²) in [6.07, 6.45) is 0. The van der Waals surface area contributed by atoms with Crippen LogP contribution in [0.3, 0.4) is 0 Å².